The Labute approximate surface area is 118 Å². The number of carbonyl (C=O) groups is 1. The number of halogens is 1. The van der Waals surface area contributed by atoms with Crippen LogP contribution in [0.25, 0.3) is 0 Å². The third kappa shape index (κ3) is 2.87. The van der Waals surface area contributed by atoms with Crippen molar-refractivity contribution in [3.05, 3.63) is 27.8 Å². The summed E-state index contributed by atoms with van der Waals surface area (Å²) >= 11 is 0. The first-order chi connectivity index (χ1) is 9.95. The molecule has 1 aromatic carbocycles. The van der Waals surface area contributed by atoms with E-state index in [0.717, 1.165) is 6.07 Å². The van der Waals surface area contributed by atoms with Crippen molar-refractivity contribution in [3.63, 3.8) is 0 Å². The summed E-state index contributed by atoms with van der Waals surface area (Å²) in [6.45, 7) is 1.40. The van der Waals surface area contributed by atoms with E-state index < -0.39 is 28.8 Å². The molecule has 0 saturated carbocycles. The standard InChI is InChI=1S/C12H13FN2O6/c1-2-19-12(16)10(13)11(14)6-3-8-9(21-5-20-8)4-7(6)15(17)18/h3-4,10-11H,2,5,14H2,1H3/t10?,11-/m0/s1. The van der Waals surface area contributed by atoms with Crippen LogP contribution >= 0.6 is 0 Å². The Kier molecular flexibility index (Phi) is 4.22. The third-order valence-corrected chi connectivity index (χ3v) is 2.90. The van der Waals surface area contributed by atoms with Gasteiger partial charge in [-0.2, -0.15) is 0 Å². The van der Waals surface area contributed by atoms with Crippen molar-refractivity contribution in [1.82, 2.24) is 0 Å². The van der Waals surface area contributed by atoms with Crippen LogP contribution in [0.15, 0.2) is 12.1 Å². The number of alkyl halides is 1. The first kappa shape index (κ1) is 15.0. The first-order valence-electron chi connectivity index (χ1n) is 6.10. The zero-order chi connectivity index (χ0) is 15.6. The second-order valence-corrected chi connectivity index (χ2v) is 4.20. The number of nitro groups is 1. The molecule has 0 fully saturated rings. The van der Waals surface area contributed by atoms with Gasteiger partial charge in [-0.25, -0.2) is 9.18 Å². The van der Waals surface area contributed by atoms with Crippen LogP contribution in [-0.4, -0.2) is 30.5 Å². The molecule has 0 saturated heterocycles. The second kappa shape index (κ2) is 5.92. The Morgan fingerprint density at radius 2 is 2.14 bits per heavy atom. The number of rotatable bonds is 5. The smallest absolute Gasteiger partial charge is 0.342 e. The molecular weight excluding hydrogens is 287 g/mol. The van der Waals surface area contributed by atoms with Gasteiger partial charge in [-0.1, -0.05) is 0 Å². The summed E-state index contributed by atoms with van der Waals surface area (Å²) in [6.07, 6.45) is -2.22. The molecule has 1 aliphatic rings. The molecule has 1 heterocycles. The Morgan fingerprint density at radius 3 is 2.71 bits per heavy atom. The molecule has 2 atom stereocenters. The quantitative estimate of drug-likeness (QED) is 0.494. The molecule has 0 radical (unpaired) electrons. The molecule has 0 bridgehead atoms. The maximum atomic E-state index is 14.0. The number of nitrogens with zero attached hydrogens (tertiary/aromatic N) is 1. The summed E-state index contributed by atoms with van der Waals surface area (Å²) in [5, 5.41) is 11.1. The highest BCUT2D eigenvalue weighted by Gasteiger charge is 2.34. The summed E-state index contributed by atoms with van der Waals surface area (Å²) in [6, 6.07) is 0.755. The predicted molar refractivity (Wildman–Crippen MR) is 67.7 cm³/mol. The highest BCUT2D eigenvalue weighted by atomic mass is 19.1. The van der Waals surface area contributed by atoms with Gasteiger partial charge >= 0.3 is 5.97 Å². The number of hydrogen-bond donors (Lipinski definition) is 1. The molecular formula is C12H13FN2O6. The maximum absolute atomic E-state index is 14.0. The van der Waals surface area contributed by atoms with Crippen molar-refractivity contribution in [2.45, 2.75) is 19.1 Å². The van der Waals surface area contributed by atoms with E-state index in [0.29, 0.717) is 0 Å². The lowest BCUT2D eigenvalue weighted by molar-refractivity contribution is -0.385. The Morgan fingerprint density at radius 1 is 1.52 bits per heavy atom. The van der Waals surface area contributed by atoms with Crippen LogP contribution in [0.5, 0.6) is 11.5 Å². The summed E-state index contributed by atoms with van der Waals surface area (Å²) in [7, 11) is 0. The van der Waals surface area contributed by atoms with E-state index in [2.05, 4.69) is 4.74 Å². The molecule has 114 valence electrons. The highest BCUT2D eigenvalue weighted by Crippen LogP contribution is 2.40. The monoisotopic (exact) mass is 300 g/mol. The first-order valence-corrected chi connectivity index (χ1v) is 6.10. The van der Waals surface area contributed by atoms with Crippen molar-refractivity contribution in [3.8, 4) is 11.5 Å². The lowest BCUT2D eigenvalue weighted by Crippen LogP contribution is -2.32. The molecule has 0 aliphatic carbocycles. The van der Waals surface area contributed by atoms with Gasteiger partial charge in [0.1, 0.15) is 0 Å². The lowest BCUT2D eigenvalue weighted by atomic mass is 10.0. The number of ether oxygens (including phenoxy) is 3. The van der Waals surface area contributed by atoms with Crippen molar-refractivity contribution in [1.29, 1.82) is 0 Å². The largest absolute Gasteiger partial charge is 0.464 e. The number of benzene rings is 1. The highest BCUT2D eigenvalue weighted by molar-refractivity contribution is 5.76. The van der Waals surface area contributed by atoms with Gasteiger partial charge in [0, 0.05) is 0 Å². The van der Waals surface area contributed by atoms with Crippen molar-refractivity contribution >= 4 is 11.7 Å². The maximum Gasteiger partial charge on any atom is 0.342 e. The number of carbonyl (C=O) groups excluding carboxylic acids is 1. The van der Waals surface area contributed by atoms with E-state index >= 15 is 0 Å². The molecule has 1 aliphatic heterocycles. The zero-order valence-electron chi connectivity index (χ0n) is 11.1. The van der Waals surface area contributed by atoms with Gasteiger partial charge < -0.3 is 19.9 Å². The number of nitrogens with two attached hydrogens (primary N) is 1. The minimum Gasteiger partial charge on any atom is -0.464 e. The van der Waals surface area contributed by atoms with E-state index in [1.807, 2.05) is 0 Å². The molecule has 1 unspecified atom stereocenters. The summed E-state index contributed by atoms with van der Waals surface area (Å²) < 4.78 is 28.6. The van der Waals surface area contributed by atoms with Gasteiger partial charge in [0.25, 0.3) is 5.69 Å². The van der Waals surface area contributed by atoms with Gasteiger partial charge in [0.15, 0.2) is 11.5 Å². The Balaban J connectivity index is 2.37. The molecule has 8 nitrogen and oxygen atoms in total. The molecule has 1 aromatic rings. The van der Waals surface area contributed by atoms with E-state index in [9.17, 15) is 19.3 Å². The molecule has 21 heavy (non-hydrogen) atoms. The molecule has 9 heteroatoms. The van der Waals surface area contributed by atoms with E-state index in [-0.39, 0.29) is 30.5 Å². The van der Waals surface area contributed by atoms with E-state index in [4.69, 9.17) is 15.2 Å². The fourth-order valence-corrected chi connectivity index (χ4v) is 1.90. The minimum atomic E-state index is -2.22. The molecule has 2 rings (SSSR count). The fourth-order valence-electron chi connectivity index (χ4n) is 1.90. The van der Waals surface area contributed by atoms with Crippen LogP contribution in [0.2, 0.25) is 0 Å². The molecule has 2 N–H and O–H groups in total. The van der Waals surface area contributed by atoms with Crippen LogP contribution in [0.1, 0.15) is 18.5 Å². The minimum absolute atomic E-state index is 0.0186. The number of fused-ring (bicyclic) bond motifs is 1. The number of nitro benzene ring substituents is 1. The zero-order valence-corrected chi connectivity index (χ0v) is 11.1. The molecule has 0 amide bonds. The third-order valence-electron chi connectivity index (χ3n) is 2.90. The SMILES string of the molecule is CCOC(=O)C(F)[C@@H](N)c1cc2c(cc1[N+](=O)[O-])OCO2. The van der Waals surface area contributed by atoms with E-state index in [1.165, 1.54) is 13.0 Å². The second-order valence-electron chi connectivity index (χ2n) is 4.20. The van der Waals surface area contributed by atoms with Crippen LogP contribution in [0, 0.1) is 10.1 Å². The van der Waals surface area contributed by atoms with Gasteiger partial charge in [-0.05, 0) is 13.0 Å². The van der Waals surface area contributed by atoms with Crippen LogP contribution in [0.4, 0.5) is 10.1 Å². The van der Waals surface area contributed by atoms with Gasteiger partial charge in [0.2, 0.25) is 13.0 Å². The Hall–Kier alpha value is -2.42. The Bertz CT molecular complexity index is 579. The van der Waals surface area contributed by atoms with Crippen molar-refractivity contribution < 1.29 is 28.3 Å². The predicted octanol–water partition coefficient (Wildman–Crippen LogP) is 1.22. The molecule has 0 spiro atoms. The average Bonchev–Trinajstić information content (AvgIpc) is 2.91. The van der Waals surface area contributed by atoms with Gasteiger partial charge in [-0.3, -0.25) is 10.1 Å². The van der Waals surface area contributed by atoms with Gasteiger partial charge in [-0.15, -0.1) is 0 Å². The van der Waals surface area contributed by atoms with Crippen molar-refractivity contribution in [2.24, 2.45) is 5.73 Å². The fraction of sp³-hybridized carbons (Fsp3) is 0.417. The van der Waals surface area contributed by atoms with Crippen LogP contribution < -0.4 is 15.2 Å². The number of esters is 1. The number of hydrogen-bond acceptors (Lipinski definition) is 7. The summed E-state index contributed by atoms with van der Waals surface area (Å²) in [5.74, 6) is -0.789. The normalized spacial score (nSPS) is 15.4. The van der Waals surface area contributed by atoms with Crippen LogP contribution in [-0.2, 0) is 9.53 Å². The van der Waals surface area contributed by atoms with Crippen molar-refractivity contribution in [2.75, 3.05) is 13.4 Å². The van der Waals surface area contributed by atoms with Crippen LogP contribution in [0.3, 0.4) is 0 Å². The summed E-state index contributed by atoms with van der Waals surface area (Å²) in [4.78, 5) is 21.7. The van der Waals surface area contributed by atoms with Gasteiger partial charge in [0.05, 0.1) is 29.2 Å². The lowest BCUT2D eigenvalue weighted by Gasteiger charge is -2.16. The molecule has 0 aromatic heterocycles. The van der Waals surface area contributed by atoms with E-state index in [1.54, 1.807) is 0 Å². The average molecular weight is 300 g/mol. The topological polar surface area (TPSA) is 114 Å². The summed E-state index contributed by atoms with van der Waals surface area (Å²) in [5.41, 5.74) is 5.02.